The smallest absolute Gasteiger partial charge is 0.196 e. The number of quaternary nitrogens is 1. The van der Waals surface area contributed by atoms with Gasteiger partial charge in [-0.15, -0.1) is 35.2 Å². The molecular weight excluding hydrogens is 299 g/mol. The molecule has 0 unspecified atom stereocenters. The molecule has 0 fully saturated rings. The molecule has 1 aromatic rings. The lowest BCUT2D eigenvalue weighted by molar-refractivity contribution is 0.549. The van der Waals surface area contributed by atoms with Crippen LogP contribution in [0.15, 0.2) is 10.3 Å². The van der Waals surface area contributed by atoms with Gasteiger partial charge in [0.25, 0.3) is 0 Å². The van der Waals surface area contributed by atoms with Gasteiger partial charge in [0.05, 0.1) is 0 Å². The first-order chi connectivity index (χ1) is 7.95. The zero-order chi connectivity index (χ0) is 12.9. The Balaban J connectivity index is 2.67. The van der Waals surface area contributed by atoms with Gasteiger partial charge in [0.2, 0.25) is 0 Å². The summed E-state index contributed by atoms with van der Waals surface area (Å²) < 4.78 is -0.409. The molecule has 0 radical (unpaired) electrons. The maximum atomic E-state index is 6.17. The average Bonchev–Trinajstić information content (AvgIpc) is 2.23. The van der Waals surface area contributed by atoms with E-state index in [0.29, 0.717) is 6.54 Å². The Bertz CT molecular complexity index is 356. The normalized spacial score (nSPS) is 11.8. The van der Waals surface area contributed by atoms with Crippen LogP contribution in [0.25, 0.3) is 0 Å². The maximum Gasteiger partial charge on any atom is 0.371 e. The van der Waals surface area contributed by atoms with Crippen molar-refractivity contribution in [1.82, 2.24) is 18.5 Å². The number of aromatic nitrogens is 3. The van der Waals surface area contributed by atoms with Gasteiger partial charge >= 0.3 is 5.95 Å². The number of unbranched alkanes of at least 4 members (excludes halogenated alkanes) is 3. The average molecular weight is 314 g/mol. The Morgan fingerprint density at radius 1 is 1.00 bits per heavy atom. The summed E-state index contributed by atoms with van der Waals surface area (Å²) in [6.07, 6.45) is 4.33. The van der Waals surface area contributed by atoms with E-state index in [2.05, 4.69) is 47.1 Å². The summed E-state index contributed by atoms with van der Waals surface area (Å²) in [6.45, 7) is 2.70. The number of halogens is 2. The van der Waals surface area contributed by atoms with E-state index in [1.807, 2.05) is 0 Å². The number of thiol groups is 2. The maximum absolute atomic E-state index is 6.17. The highest BCUT2D eigenvalue weighted by Crippen LogP contribution is 2.27. The van der Waals surface area contributed by atoms with Crippen molar-refractivity contribution in [3.63, 3.8) is 0 Å². The van der Waals surface area contributed by atoms with E-state index >= 15 is 0 Å². The van der Waals surface area contributed by atoms with Gasteiger partial charge in [0.1, 0.15) is 6.54 Å². The second kappa shape index (κ2) is 6.99. The van der Waals surface area contributed by atoms with Crippen LogP contribution in [0, 0.1) is 0 Å². The van der Waals surface area contributed by atoms with Crippen molar-refractivity contribution in [2.45, 2.75) is 42.9 Å². The Morgan fingerprint density at radius 3 is 2.12 bits per heavy atom. The fourth-order valence-corrected chi connectivity index (χ4v) is 2.16. The van der Waals surface area contributed by atoms with Crippen LogP contribution in [0.4, 0.5) is 5.95 Å². The molecule has 8 heteroatoms. The Kier molecular flexibility index (Phi) is 6.30. The molecular formula is C9H15Cl2N4S2+. The van der Waals surface area contributed by atoms with Crippen molar-refractivity contribution in [1.29, 1.82) is 0 Å². The standard InChI is InChI=1S/C9H14Cl2N4S2/c1-2-3-4-5-6-15(10,11)7-12-8(16)14-9(17)13-7/h2-6H2,1H3,(H-,12,13,14,16,17)/p+1. The first kappa shape index (κ1) is 15.3. The van der Waals surface area contributed by atoms with E-state index in [0.717, 1.165) is 19.3 Å². The second-order valence-corrected chi connectivity index (χ2v) is 5.78. The van der Waals surface area contributed by atoms with Crippen molar-refractivity contribution in [2.75, 3.05) is 6.54 Å². The van der Waals surface area contributed by atoms with Gasteiger partial charge in [-0.25, -0.2) is 0 Å². The highest BCUT2D eigenvalue weighted by Gasteiger charge is 2.32. The van der Waals surface area contributed by atoms with Crippen LogP contribution in [-0.4, -0.2) is 21.5 Å². The summed E-state index contributed by atoms with van der Waals surface area (Å²) in [5.74, 6) is 0.259. The van der Waals surface area contributed by atoms with Crippen LogP contribution in [0.1, 0.15) is 32.6 Å². The molecule has 0 spiro atoms. The topological polar surface area (TPSA) is 38.7 Å². The number of rotatable bonds is 6. The lowest BCUT2D eigenvalue weighted by Crippen LogP contribution is -2.30. The monoisotopic (exact) mass is 313 g/mol. The molecule has 0 aliphatic rings. The van der Waals surface area contributed by atoms with E-state index in [1.54, 1.807) is 0 Å². The second-order valence-electron chi connectivity index (χ2n) is 3.65. The molecule has 0 N–H and O–H groups in total. The van der Waals surface area contributed by atoms with Gasteiger partial charge in [-0.3, -0.25) is 0 Å². The number of hydrogen-bond acceptors (Lipinski definition) is 5. The van der Waals surface area contributed by atoms with E-state index < -0.39 is 3.52 Å². The minimum atomic E-state index is -0.409. The molecule has 0 bridgehead atoms. The lowest BCUT2D eigenvalue weighted by Gasteiger charge is -2.16. The van der Waals surface area contributed by atoms with E-state index in [9.17, 15) is 0 Å². The zero-order valence-corrected chi connectivity index (χ0v) is 12.8. The van der Waals surface area contributed by atoms with Crippen LogP contribution < -0.4 is 3.52 Å². The molecule has 0 aliphatic carbocycles. The fourth-order valence-electron chi connectivity index (χ4n) is 1.33. The minimum absolute atomic E-state index is 0.259. The minimum Gasteiger partial charge on any atom is -0.196 e. The van der Waals surface area contributed by atoms with Crippen molar-refractivity contribution in [3.05, 3.63) is 0 Å². The van der Waals surface area contributed by atoms with E-state index in [-0.39, 0.29) is 16.3 Å². The zero-order valence-electron chi connectivity index (χ0n) is 9.47. The summed E-state index contributed by atoms with van der Waals surface area (Å²) >= 11 is 20.4. The summed E-state index contributed by atoms with van der Waals surface area (Å²) in [5.41, 5.74) is 0. The van der Waals surface area contributed by atoms with Crippen molar-refractivity contribution >= 4 is 54.8 Å². The first-order valence-corrected chi connectivity index (χ1v) is 6.94. The summed E-state index contributed by atoms with van der Waals surface area (Å²) in [7, 11) is 0. The summed E-state index contributed by atoms with van der Waals surface area (Å²) in [4.78, 5) is 11.8. The van der Waals surface area contributed by atoms with Crippen LogP contribution in [0.3, 0.4) is 0 Å². The van der Waals surface area contributed by atoms with Crippen LogP contribution >= 0.6 is 48.8 Å². The SMILES string of the molecule is CCCCCC[N+](Cl)(Cl)c1nc(S)nc(S)n1. The van der Waals surface area contributed by atoms with Crippen molar-refractivity contribution < 1.29 is 0 Å². The van der Waals surface area contributed by atoms with Crippen molar-refractivity contribution in [3.8, 4) is 0 Å². The molecule has 96 valence electrons. The third-order valence-corrected chi connectivity index (χ3v) is 3.23. The Hall–Kier alpha value is 0.250. The van der Waals surface area contributed by atoms with Gasteiger partial charge in [-0.2, -0.15) is 4.98 Å². The molecule has 1 heterocycles. The molecule has 0 atom stereocenters. The fraction of sp³-hybridized carbons (Fsp3) is 0.667. The van der Waals surface area contributed by atoms with Gasteiger partial charge in [-0.1, -0.05) is 23.3 Å². The third kappa shape index (κ3) is 5.18. The Labute approximate surface area is 122 Å². The van der Waals surface area contributed by atoms with E-state index in [1.165, 1.54) is 6.42 Å². The molecule has 0 saturated heterocycles. The van der Waals surface area contributed by atoms with E-state index in [4.69, 9.17) is 23.6 Å². The van der Waals surface area contributed by atoms with Crippen molar-refractivity contribution in [2.24, 2.45) is 0 Å². The number of nitrogens with zero attached hydrogens (tertiary/aromatic N) is 4. The third-order valence-electron chi connectivity index (χ3n) is 2.19. The van der Waals surface area contributed by atoms with Gasteiger partial charge in [0.15, 0.2) is 33.9 Å². The summed E-state index contributed by atoms with van der Waals surface area (Å²) in [6, 6.07) is 0. The molecule has 0 amide bonds. The van der Waals surface area contributed by atoms with Gasteiger partial charge < -0.3 is 0 Å². The van der Waals surface area contributed by atoms with Gasteiger partial charge in [-0.05, 0) is 6.42 Å². The molecule has 0 saturated carbocycles. The molecule has 17 heavy (non-hydrogen) atoms. The van der Waals surface area contributed by atoms with Crippen LogP contribution in [0.2, 0.25) is 0 Å². The molecule has 1 aromatic heterocycles. The van der Waals surface area contributed by atoms with Crippen LogP contribution in [0.5, 0.6) is 0 Å². The molecule has 4 nitrogen and oxygen atoms in total. The lowest BCUT2D eigenvalue weighted by atomic mass is 10.2. The molecule has 0 aliphatic heterocycles. The quantitative estimate of drug-likeness (QED) is 0.478. The predicted molar refractivity (Wildman–Crippen MR) is 76.8 cm³/mol. The molecule has 0 aromatic carbocycles. The highest BCUT2D eigenvalue weighted by atomic mass is 35.5. The summed E-state index contributed by atoms with van der Waals surface area (Å²) in [5, 5.41) is 0.523. The van der Waals surface area contributed by atoms with Crippen LogP contribution in [-0.2, 0) is 0 Å². The first-order valence-electron chi connectivity index (χ1n) is 5.37. The van der Waals surface area contributed by atoms with Gasteiger partial charge in [0, 0.05) is 6.42 Å². The Morgan fingerprint density at radius 2 is 1.59 bits per heavy atom. The predicted octanol–water partition coefficient (Wildman–Crippen LogP) is 3.64. The largest absolute Gasteiger partial charge is 0.371 e. The number of hydrogen-bond donors (Lipinski definition) is 2. The highest BCUT2D eigenvalue weighted by molar-refractivity contribution is 7.80. The molecule has 1 rings (SSSR count).